The number of halogens is 1. The third-order valence-corrected chi connectivity index (χ3v) is 6.31. The highest BCUT2D eigenvalue weighted by Gasteiger charge is 2.44. The normalized spacial score (nSPS) is 28.9. The summed E-state index contributed by atoms with van der Waals surface area (Å²) in [4.78, 5) is 11.7. The molecule has 2 heterocycles. The van der Waals surface area contributed by atoms with Crippen molar-refractivity contribution in [2.45, 2.75) is 43.0 Å². The molecule has 4 rings (SSSR count). The van der Waals surface area contributed by atoms with Crippen molar-refractivity contribution in [2.24, 2.45) is 0 Å². The molecule has 0 aliphatic carbocycles. The van der Waals surface area contributed by atoms with Gasteiger partial charge in [-0.1, -0.05) is 29.8 Å². The molecule has 10 heteroatoms. The molecule has 1 fully saturated rings. The highest BCUT2D eigenvalue weighted by molar-refractivity contribution is 6.31. The number of esters is 1. The molecule has 1 saturated heterocycles. The number of hydrogen-bond donors (Lipinski definition) is 5. The lowest BCUT2D eigenvalue weighted by Gasteiger charge is -2.40. The van der Waals surface area contributed by atoms with Crippen molar-refractivity contribution in [3.63, 3.8) is 0 Å². The maximum atomic E-state index is 11.7. The fraction of sp³-hybridized carbons (Fsp3) is 0.435. The molecule has 6 atom stereocenters. The van der Waals surface area contributed by atoms with E-state index >= 15 is 0 Å². The van der Waals surface area contributed by atoms with Crippen molar-refractivity contribution in [1.82, 2.24) is 0 Å². The molecule has 9 nitrogen and oxygen atoms in total. The highest BCUT2D eigenvalue weighted by Crippen LogP contribution is 2.35. The zero-order chi connectivity index (χ0) is 23.7. The van der Waals surface area contributed by atoms with Gasteiger partial charge in [0, 0.05) is 5.02 Å². The molecule has 2 aliphatic rings. The fourth-order valence-electron chi connectivity index (χ4n) is 4.09. The van der Waals surface area contributed by atoms with Gasteiger partial charge in [0.1, 0.15) is 36.3 Å². The average Bonchev–Trinajstić information content (AvgIpc) is 2.83. The largest absolute Gasteiger partial charge is 0.475 e. The van der Waals surface area contributed by atoms with Crippen LogP contribution < -0.4 is 10.1 Å². The number of methoxy groups -OCH3 is 1. The Morgan fingerprint density at radius 1 is 1.15 bits per heavy atom. The zero-order valence-electron chi connectivity index (χ0n) is 17.8. The molecule has 0 amide bonds. The Morgan fingerprint density at radius 2 is 1.94 bits per heavy atom. The van der Waals surface area contributed by atoms with Crippen LogP contribution in [0.3, 0.4) is 0 Å². The maximum Gasteiger partial charge on any atom is 0.348 e. The topological polar surface area (TPSA) is 138 Å². The Kier molecular flexibility index (Phi) is 7.08. The number of anilines is 1. The third kappa shape index (κ3) is 4.79. The van der Waals surface area contributed by atoms with Gasteiger partial charge in [-0.2, -0.15) is 0 Å². The van der Waals surface area contributed by atoms with E-state index in [9.17, 15) is 25.2 Å². The predicted molar refractivity (Wildman–Crippen MR) is 118 cm³/mol. The molecule has 0 spiro atoms. The van der Waals surface area contributed by atoms with Gasteiger partial charge >= 0.3 is 5.97 Å². The number of aliphatic hydroxyl groups excluding tert-OH is 4. The lowest BCUT2D eigenvalue weighted by Crippen LogP contribution is -2.55. The van der Waals surface area contributed by atoms with E-state index in [-0.39, 0.29) is 6.54 Å². The van der Waals surface area contributed by atoms with E-state index in [0.717, 1.165) is 16.8 Å². The molecular formula is C23H26ClNO8. The fourth-order valence-corrected chi connectivity index (χ4v) is 4.28. The number of nitrogens with one attached hydrogen (secondary N) is 1. The molecule has 2 aromatic rings. The lowest BCUT2D eigenvalue weighted by atomic mass is 9.90. The van der Waals surface area contributed by atoms with Crippen LogP contribution in [-0.2, 0) is 20.7 Å². The number of ether oxygens (including phenoxy) is 3. The van der Waals surface area contributed by atoms with Gasteiger partial charge in [-0.3, -0.25) is 0 Å². The minimum Gasteiger partial charge on any atom is -0.475 e. The van der Waals surface area contributed by atoms with E-state index < -0.39 is 49.2 Å². The van der Waals surface area contributed by atoms with Crippen LogP contribution in [0.1, 0.15) is 22.8 Å². The first-order valence-electron chi connectivity index (χ1n) is 10.5. The molecule has 5 N–H and O–H groups in total. The van der Waals surface area contributed by atoms with Crippen molar-refractivity contribution in [2.75, 3.05) is 25.6 Å². The van der Waals surface area contributed by atoms with Crippen molar-refractivity contribution < 1.29 is 39.4 Å². The molecule has 0 saturated carbocycles. The standard InChI is InChI=1S/C23H26ClNO8/c1-31-23(30)17-9-25-15-7-11(2-5-16(15)32-17)6-13-8-12(3-4-14(13)24)22-21(29)20(28)19(27)18(10-26)33-22/h2-5,7-8,17-22,25-29H,6,9-10H2,1H3/t17?,18-,19-,20+,21-,22+/m1/s1. The predicted octanol–water partition coefficient (Wildman–Crippen LogP) is 0.792. The summed E-state index contributed by atoms with van der Waals surface area (Å²) in [6.07, 6.45) is -6.43. The van der Waals surface area contributed by atoms with Crippen LogP contribution >= 0.6 is 11.6 Å². The SMILES string of the molecule is COC(=O)C1CNc2cc(Cc3cc([C@@H]4O[C@H](CO)[C@@H](O)[C@H](O)[C@H]4O)ccc3Cl)ccc2O1. The Bertz CT molecular complexity index is 1020. The van der Waals surface area contributed by atoms with Gasteiger partial charge in [0.15, 0.2) is 0 Å². The molecule has 1 unspecified atom stereocenters. The second-order valence-electron chi connectivity index (χ2n) is 8.12. The number of benzene rings is 2. The summed E-state index contributed by atoms with van der Waals surface area (Å²) >= 11 is 6.42. The number of hydrogen-bond acceptors (Lipinski definition) is 9. The lowest BCUT2D eigenvalue weighted by molar-refractivity contribution is -0.231. The van der Waals surface area contributed by atoms with Crippen LogP contribution in [0.15, 0.2) is 36.4 Å². The number of carbonyl (C=O) groups is 1. The van der Waals surface area contributed by atoms with Gasteiger partial charge in [0.2, 0.25) is 6.10 Å². The van der Waals surface area contributed by atoms with Gasteiger partial charge < -0.3 is 40.0 Å². The van der Waals surface area contributed by atoms with Crippen LogP contribution in [0.25, 0.3) is 0 Å². The number of rotatable bonds is 5. The van der Waals surface area contributed by atoms with Gasteiger partial charge in [-0.15, -0.1) is 0 Å². The molecule has 0 aromatic heterocycles. The van der Waals surface area contributed by atoms with E-state index in [0.29, 0.717) is 22.8 Å². The Balaban J connectivity index is 1.54. The molecule has 33 heavy (non-hydrogen) atoms. The summed E-state index contributed by atoms with van der Waals surface area (Å²) in [6, 6.07) is 10.6. The first kappa shape index (κ1) is 23.7. The summed E-state index contributed by atoms with van der Waals surface area (Å²) in [5, 5.41) is 43.7. The third-order valence-electron chi connectivity index (χ3n) is 5.94. The van der Waals surface area contributed by atoms with Crippen LogP contribution in [0, 0.1) is 0 Å². The highest BCUT2D eigenvalue weighted by atomic mass is 35.5. The molecule has 0 radical (unpaired) electrons. The van der Waals surface area contributed by atoms with E-state index in [1.54, 1.807) is 24.3 Å². The number of carbonyl (C=O) groups excluding carboxylic acids is 1. The average molecular weight is 480 g/mol. The second-order valence-corrected chi connectivity index (χ2v) is 8.53. The van der Waals surface area contributed by atoms with Gasteiger partial charge in [0.05, 0.1) is 25.9 Å². The summed E-state index contributed by atoms with van der Waals surface area (Å²) in [5.41, 5.74) is 2.99. The van der Waals surface area contributed by atoms with Crippen LogP contribution in [0.4, 0.5) is 5.69 Å². The van der Waals surface area contributed by atoms with Crippen molar-refractivity contribution >= 4 is 23.3 Å². The van der Waals surface area contributed by atoms with Crippen LogP contribution in [0.2, 0.25) is 5.02 Å². The van der Waals surface area contributed by atoms with Crippen LogP contribution in [0.5, 0.6) is 5.75 Å². The van der Waals surface area contributed by atoms with E-state index in [1.165, 1.54) is 7.11 Å². The molecule has 178 valence electrons. The Morgan fingerprint density at radius 3 is 2.67 bits per heavy atom. The van der Waals surface area contributed by atoms with E-state index in [1.807, 2.05) is 12.1 Å². The summed E-state index contributed by atoms with van der Waals surface area (Å²) in [5.74, 6) is 0.0931. The van der Waals surface area contributed by atoms with Crippen molar-refractivity contribution in [1.29, 1.82) is 0 Å². The Labute approximate surface area is 195 Å². The van der Waals surface area contributed by atoms with Crippen molar-refractivity contribution in [3.8, 4) is 5.75 Å². The quantitative estimate of drug-likeness (QED) is 0.394. The van der Waals surface area contributed by atoms with E-state index in [2.05, 4.69) is 5.32 Å². The second kappa shape index (κ2) is 9.84. The van der Waals surface area contributed by atoms with Gasteiger partial charge in [0.25, 0.3) is 0 Å². The minimum absolute atomic E-state index is 0.288. The smallest absolute Gasteiger partial charge is 0.348 e. The molecular weight excluding hydrogens is 454 g/mol. The molecule has 2 aromatic carbocycles. The van der Waals surface area contributed by atoms with Crippen molar-refractivity contribution in [3.05, 3.63) is 58.1 Å². The zero-order valence-corrected chi connectivity index (χ0v) is 18.6. The van der Waals surface area contributed by atoms with Gasteiger partial charge in [-0.05, 0) is 41.3 Å². The first-order chi connectivity index (χ1) is 15.8. The number of fused-ring (bicyclic) bond motifs is 1. The summed E-state index contributed by atoms with van der Waals surface area (Å²) in [7, 11) is 1.31. The minimum atomic E-state index is -1.46. The first-order valence-corrected chi connectivity index (χ1v) is 10.9. The summed E-state index contributed by atoms with van der Waals surface area (Å²) in [6.45, 7) is -0.209. The van der Waals surface area contributed by atoms with Crippen LogP contribution in [-0.4, -0.2) is 77.2 Å². The molecule has 2 aliphatic heterocycles. The van der Waals surface area contributed by atoms with E-state index in [4.69, 9.17) is 25.8 Å². The summed E-state index contributed by atoms with van der Waals surface area (Å²) < 4.78 is 16.1. The monoisotopic (exact) mass is 479 g/mol. The Hall–Kier alpha value is -2.40. The molecule has 0 bridgehead atoms. The number of aliphatic hydroxyl groups is 4. The van der Waals surface area contributed by atoms with Gasteiger partial charge in [-0.25, -0.2) is 4.79 Å². The maximum absolute atomic E-state index is 11.7.